The molecule has 0 spiro atoms. The fourth-order valence-corrected chi connectivity index (χ4v) is 3.17. The van der Waals surface area contributed by atoms with E-state index < -0.39 is 28.4 Å². The molecule has 0 fully saturated rings. The van der Waals surface area contributed by atoms with Gasteiger partial charge in [-0.3, -0.25) is 14.9 Å². The maximum Gasteiger partial charge on any atom is 0.417 e. The fourth-order valence-electron chi connectivity index (χ4n) is 3.17. The summed E-state index contributed by atoms with van der Waals surface area (Å²) in [5.41, 5.74) is -0.670. The average molecular weight is 444 g/mol. The third-order valence-corrected chi connectivity index (χ3v) is 4.61. The zero-order chi connectivity index (χ0) is 23.0. The molecular formula is C21H12F4N4O3. The molecule has 3 aromatic carbocycles. The summed E-state index contributed by atoms with van der Waals surface area (Å²) in [5.74, 6) is -1.85. The minimum absolute atomic E-state index is 0.121. The predicted molar refractivity (Wildman–Crippen MR) is 108 cm³/mol. The Hall–Kier alpha value is -4.28. The summed E-state index contributed by atoms with van der Waals surface area (Å²) in [5, 5.41) is 13.4. The molecule has 0 radical (unpaired) electrons. The fraction of sp³-hybridized carbons (Fsp3) is 0.0476. The van der Waals surface area contributed by atoms with Gasteiger partial charge in [-0.2, -0.15) is 13.2 Å². The Morgan fingerprint density at radius 3 is 2.56 bits per heavy atom. The highest BCUT2D eigenvalue weighted by Crippen LogP contribution is 2.38. The van der Waals surface area contributed by atoms with Crippen molar-refractivity contribution < 1.29 is 27.3 Å². The van der Waals surface area contributed by atoms with Gasteiger partial charge in [0.05, 0.1) is 21.5 Å². The number of nitro benzene ring substituents is 1. The third kappa shape index (κ3) is 4.13. The Morgan fingerprint density at radius 2 is 1.84 bits per heavy atom. The minimum atomic E-state index is -4.77. The first kappa shape index (κ1) is 21.0. The summed E-state index contributed by atoms with van der Waals surface area (Å²) in [6, 6.07) is 11.8. The number of nitrogens with zero attached hydrogens (tertiary/aromatic N) is 2. The molecule has 1 heterocycles. The molecule has 162 valence electrons. The van der Waals surface area contributed by atoms with Crippen LogP contribution in [0.1, 0.15) is 16.2 Å². The maximum atomic E-state index is 13.4. The molecule has 7 nitrogen and oxygen atoms in total. The Kier molecular flexibility index (Phi) is 5.09. The van der Waals surface area contributed by atoms with Gasteiger partial charge in [0.15, 0.2) is 5.82 Å². The van der Waals surface area contributed by atoms with E-state index in [4.69, 9.17) is 0 Å². The van der Waals surface area contributed by atoms with Gasteiger partial charge in [0.2, 0.25) is 0 Å². The topological polar surface area (TPSA) is 101 Å². The molecular weight excluding hydrogens is 432 g/mol. The van der Waals surface area contributed by atoms with Gasteiger partial charge < -0.3 is 10.3 Å². The molecule has 32 heavy (non-hydrogen) atoms. The molecule has 1 aromatic heterocycles. The Labute approximate surface area is 176 Å². The lowest BCUT2D eigenvalue weighted by molar-refractivity contribution is -0.384. The largest absolute Gasteiger partial charge is 0.417 e. The summed E-state index contributed by atoms with van der Waals surface area (Å²) in [7, 11) is 0. The van der Waals surface area contributed by atoms with Crippen molar-refractivity contribution in [3.63, 3.8) is 0 Å². The lowest BCUT2D eigenvalue weighted by Gasteiger charge is -2.14. The van der Waals surface area contributed by atoms with Gasteiger partial charge >= 0.3 is 6.18 Å². The van der Waals surface area contributed by atoms with Crippen LogP contribution in [-0.2, 0) is 6.18 Å². The van der Waals surface area contributed by atoms with E-state index in [1.165, 1.54) is 42.5 Å². The predicted octanol–water partition coefficient (Wildman–Crippen LogP) is 5.55. The van der Waals surface area contributed by atoms with Crippen LogP contribution in [0.3, 0.4) is 0 Å². The summed E-state index contributed by atoms with van der Waals surface area (Å²) in [4.78, 5) is 29.6. The first-order valence-electron chi connectivity index (χ1n) is 9.04. The first-order chi connectivity index (χ1) is 15.1. The number of fused-ring (bicyclic) bond motifs is 1. The van der Waals surface area contributed by atoms with E-state index in [1.54, 1.807) is 0 Å². The SMILES string of the molecule is O=C(Nc1cccc(-c2ccc(F)cc2C(F)(F)F)c1)c1nc2cc([N+](=O)[O-])ccc2[nH]1. The van der Waals surface area contributed by atoms with E-state index in [0.29, 0.717) is 11.6 Å². The van der Waals surface area contributed by atoms with Gasteiger partial charge in [-0.15, -0.1) is 0 Å². The van der Waals surface area contributed by atoms with Crippen LogP contribution >= 0.6 is 0 Å². The first-order valence-corrected chi connectivity index (χ1v) is 9.04. The molecule has 0 aliphatic heterocycles. The number of hydrogen-bond acceptors (Lipinski definition) is 4. The van der Waals surface area contributed by atoms with Crippen LogP contribution in [0.4, 0.5) is 28.9 Å². The number of aromatic nitrogens is 2. The van der Waals surface area contributed by atoms with Crippen LogP contribution in [0, 0.1) is 15.9 Å². The van der Waals surface area contributed by atoms with Gasteiger partial charge in [-0.05, 0) is 41.5 Å². The number of rotatable bonds is 4. The van der Waals surface area contributed by atoms with Crippen LogP contribution < -0.4 is 5.32 Å². The van der Waals surface area contributed by atoms with Gasteiger partial charge in [0.25, 0.3) is 11.6 Å². The molecule has 0 aliphatic carbocycles. The smallest absolute Gasteiger partial charge is 0.334 e. The number of non-ortho nitro benzene ring substituents is 1. The van der Waals surface area contributed by atoms with E-state index in [1.807, 2.05) is 0 Å². The monoisotopic (exact) mass is 444 g/mol. The molecule has 0 saturated heterocycles. The highest BCUT2D eigenvalue weighted by Gasteiger charge is 2.34. The molecule has 2 N–H and O–H groups in total. The third-order valence-electron chi connectivity index (χ3n) is 4.61. The molecule has 11 heteroatoms. The molecule has 1 amide bonds. The lowest BCUT2D eigenvalue weighted by atomic mass is 9.98. The molecule has 0 aliphatic rings. The van der Waals surface area contributed by atoms with E-state index >= 15 is 0 Å². The second-order valence-corrected chi connectivity index (χ2v) is 6.77. The Morgan fingerprint density at radius 1 is 1.06 bits per heavy atom. The van der Waals surface area contributed by atoms with E-state index in [-0.39, 0.29) is 33.8 Å². The van der Waals surface area contributed by atoms with Crippen LogP contribution in [0.2, 0.25) is 0 Å². The van der Waals surface area contributed by atoms with Gasteiger partial charge in [0.1, 0.15) is 5.82 Å². The van der Waals surface area contributed by atoms with E-state index in [0.717, 1.165) is 12.1 Å². The number of imidazole rings is 1. The van der Waals surface area contributed by atoms with Crippen molar-refractivity contribution in [1.82, 2.24) is 9.97 Å². The molecule has 0 bridgehead atoms. The Bertz CT molecular complexity index is 1360. The zero-order valence-corrected chi connectivity index (χ0v) is 15.9. The van der Waals surface area contributed by atoms with E-state index in [2.05, 4.69) is 15.3 Å². The van der Waals surface area contributed by atoms with Crippen molar-refractivity contribution in [2.45, 2.75) is 6.18 Å². The van der Waals surface area contributed by atoms with Gasteiger partial charge in [-0.1, -0.05) is 18.2 Å². The number of amides is 1. The van der Waals surface area contributed by atoms with Crippen LogP contribution in [0.5, 0.6) is 0 Å². The normalized spacial score (nSPS) is 11.5. The number of halogens is 4. The maximum absolute atomic E-state index is 13.4. The quantitative estimate of drug-likeness (QED) is 0.245. The second-order valence-electron chi connectivity index (χ2n) is 6.77. The number of aromatic amines is 1. The van der Waals surface area contributed by atoms with Crippen molar-refractivity contribution in [3.8, 4) is 11.1 Å². The highest BCUT2D eigenvalue weighted by atomic mass is 19.4. The lowest BCUT2D eigenvalue weighted by Crippen LogP contribution is -2.13. The van der Waals surface area contributed by atoms with Crippen molar-refractivity contribution in [2.24, 2.45) is 0 Å². The average Bonchev–Trinajstić information content (AvgIpc) is 3.17. The summed E-state index contributed by atoms with van der Waals surface area (Å²) >= 11 is 0. The summed E-state index contributed by atoms with van der Waals surface area (Å²) < 4.78 is 53.4. The molecule has 0 atom stereocenters. The number of carbonyl (C=O) groups excluding carboxylic acids is 1. The van der Waals surface area contributed by atoms with Crippen molar-refractivity contribution >= 4 is 28.3 Å². The van der Waals surface area contributed by atoms with E-state index in [9.17, 15) is 32.5 Å². The minimum Gasteiger partial charge on any atom is -0.334 e. The molecule has 0 saturated carbocycles. The number of hydrogen-bond donors (Lipinski definition) is 2. The number of H-pyrrole nitrogens is 1. The number of nitrogens with one attached hydrogen (secondary N) is 2. The number of alkyl halides is 3. The van der Waals surface area contributed by atoms with Crippen LogP contribution in [-0.4, -0.2) is 20.8 Å². The molecule has 0 unspecified atom stereocenters. The number of nitro groups is 1. The standard InChI is InChI=1S/C21H12F4N4O3/c22-12-4-6-15(16(9-12)21(23,24)25)11-2-1-3-13(8-11)26-20(30)19-27-17-7-5-14(29(31)32)10-18(17)28-19/h1-10H,(H,26,30)(H,27,28). The second kappa shape index (κ2) is 7.76. The van der Waals surface area contributed by atoms with Crippen molar-refractivity contribution in [1.29, 1.82) is 0 Å². The molecule has 4 rings (SSSR count). The Balaban J connectivity index is 1.63. The number of carbonyl (C=O) groups is 1. The summed E-state index contributed by atoms with van der Waals surface area (Å²) in [6.07, 6.45) is -4.77. The van der Waals surface area contributed by atoms with Gasteiger partial charge in [0, 0.05) is 17.8 Å². The van der Waals surface area contributed by atoms with Crippen molar-refractivity contribution in [2.75, 3.05) is 5.32 Å². The van der Waals surface area contributed by atoms with Crippen molar-refractivity contribution in [3.05, 3.63) is 88.0 Å². The number of benzene rings is 3. The van der Waals surface area contributed by atoms with Crippen LogP contribution in [0.25, 0.3) is 22.2 Å². The highest BCUT2D eigenvalue weighted by molar-refractivity contribution is 6.03. The van der Waals surface area contributed by atoms with Gasteiger partial charge in [-0.25, -0.2) is 9.37 Å². The summed E-state index contributed by atoms with van der Waals surface area (Å²) in [6.45, 7) is 0. The number of anilines is 1. The zero-order valence-electron chi connectivity index (χ0n) is 15.9. The molecule has 4 aromatic rings. The van der Waals surface area contributed by atoms with Crippen LogP contribution in [0.15, 0.2) is 60.7 Å².